The van der Waals surface area contributed by atoms with Gasteiger partial charge < -0.3 is 19.9 Å². The second-order valence-electron chi connectivity index (χ2n) is 5.92. The number of phenols is 1. The average molecular weight is 365 g/mol. The molecule has 1 atom stereocenters. The maximum Gasteiger partial charge on any atom is 0.342 e. The molecule has 3 aromatic carbocycles. The van der Waals surface area contributed by atoms with E-state index in [0.717, 1.165) is 5.39 Å². The van der Waals surface area contributed by atoms with Crippen molar-refractivity contribution in [2.75, 3.05) is 12.4 Å². The van der Waals surface area contributed by atoms with Crippen LogP contribution in [0.15, 0.2) is 60.7 Å². The lowest BCUT2D eigenvalue weighted by Crippen LogP contribution is -2.30. The number of benzene rings is 3. The van der Waals surface area contributed by atoms with Gasteiger partial charge in [-0.05, 0) is 30.5 Å². The van der Waals surface area contributed by atoms with E-state index in [-0.39, 0.29) is 11.3 Å². The summed E-state index contributed by atoms with van der Waals surface area (Å²) in [5, 5.41) is 14.4. The van der Waals surface area contributed by atoms with E-state index in [0.29, 0.717) is 16.8 Å². The second kappa shape index (κ2) is 7.78. The minimum absolute atomic E-state index is 0.00522. The summed E-state index contributed by atoms with van der Waals surface area (Å²) in [6, 6.07) is 17.2. The molecule has 0 heterocycles. The Morgan fingerprint density at radius 1 is 1.00 bits per heavy atom. The van der Waals surface area contributed by atoms with Gasteiger partial charge in [0, 0.05) is 5.39 Å². The number of carbonyl (C=O) groups is 2. The maximum atomic E-state index is 12.4. The summed E-state index contributed by atoms with van der Waals surface area (Å²) in [6.45, 7) is 1.46. The van der Waals surface area contributed by atoms with Crippen molar-refractivity contribution in [3.05, 3.63) is 66.2 Å². The molecule has 0 unspecified atom stereocenters. The number of hydrogen-bond acceptors (Lipinski definition) is 5. The van der Waals surface area contributed by atoms with Gasteiger partial charge in [0.05, 0.1) is 12.8 Å². The van der Waals surface area contributed by atoms with Crippen molar-refractivity contribution in [2.24, 2.45) is 0 Å². The number of esters is 1. The van der Waals surface area contributed by atoms with Crippen LogP contribution in [-0.4, -0.2) is 30.2 Å². The zero-order valence-electron chi connectivity index (χ0n) is 14.9. The molecule has 3 rings (SSSR count). The maximum absolute atomic E-state index is 12.4. The molecule has 0 aliphatic rings. The molecule has 0 radical (unpaired) electrons. The predicted octanol–water partition coefficient (Wildman–Crippen LogP) is 3.74. The minimum Gasteiger partial charge on any atom is -0.506 e. The molecule has 27 heavy (non-hydrogen) atoms. The molecule has 0 fully saturated rings. The number of amides is 1. The highest BCUT2D eigenvalue weighted by Crippen LogP contribution is 2.29. The Hall–Kier alpha value is -3.54. The summed E-state index contributed by atoms with van der Waals surface area (Å²) in [5.41, 5.74) is 0.479. The van der Waals surface area contributed by atoms with Crippen LogP contribution in [0.3, 0.4) is 0 Å². The number of fused-ring (bicyclic) bond motifs is 1. The Kier molecular flexibility index (Phi) is 5.26. The lowest BCUT2D eigenvalue weighted by atomic mass is 10.1. The number of nitrogens with one attached hydrogen (secondary N) is 1. The molecule has 0 saturated carbocycles. The highest BCUT2D eigenvalue weighted by atomic mass is 16.5. The zero-order valence-corrected chi connectivity index (χ0v) is 14.9. The van der Waals surface area contributed by atoms with Crippen molar-refractivity contribution in [1.29, 1.82) is 0 Å². The Balaban J connectivity index is 1.74. The van der Waals surface area contributed by atoms with Crippen LogP contribution >= 0.6 is 0 Å². The SMILES string of the molecule is COc1ccccc1NC(=O)[C@H](C)OC(=O)c1ccc2ccccc2c1O. The molecule has 0 bridgehead atoms. The van der Waals surface area contributed by atoms with Crippen LogP contribution in [-0.2, 0) is 9.53 Å². The van der Waals surface area contributed by atoms with Crippen LogP contribution in [0, 0.1) is 0 Å². The van der Waals surface area contributed by atoms with E-state index in [9.17, 15) is 14.7 Å². The molecule has 0 spiro atoms. The van der Waals surface area contributed by atoms with Crippen LogP contribution in [0.4, 0.5) is 5.69 Å². The molecule has 0 saturated heterocycles. The molecule has 1 amide bonds. The fourth-order valence-electron chi connectivity index (χ4n) is 2.68. The van der Waals surface area contributed by atoms with Crippen molar-refractivity contribution in [3.8, 4) is 11.5 Å². The summed E-state index contributed by atoms with van der Waals surface area (Å²) in [5.74, 6) is -0.957. The summed E-state index contributed by atoms with van der Waals surface area (Å²) in [4.78, 5) is 24.8. The van der Waals surface area contributed by atoms with Crippen molar-refractivity contribution >= 4 is 28.3 Å². The van der Waals surface area contributed by atoms with Gasteiger partial charge in [0.15, 0.2) is 6.10 Å². The number of para-hydroxylation sites is 2. The predicted molar refractivity (Wildman–Crippen MR) is 102 cm³/mol. The smallest absolute Gasteiger partial charge is 0.342 e. The fourth-order valence-corrected chi connectivity index (χ4v) is 2.68. The molecule has 0 aliphatic carbocycles. The third kappa shape index (κ3) is 3.84. The summed E-state index contributed by atoms with van der Waals surface area (Å²) in [6.07, 6.45) is -1.06. The lowest BCUT2D eigenvalue weighted by Gasteiger charge is -2.15. The van der Waals surface area contributed by atoms with Crippen LogP contribution < -0.4 is 10.1 Å². The Bertz CT molecular complexity index is 999. The zero-order chi connectivity index (χ0) is 19.4. The highest BCUT2D eigenvalue weighted by Gasteiger charge is 2.22. The van der Waals surface area contributed by atoms with Crippen molar-refractivity contribution in [1.82, 2.24) is 0 Å². The van der Waals surface area contributed by atoms with Crippen molar-refractivity contribution in [3.63, 3.8) is 0 Å². The third-order valence-corrected chi connectivity index (χ3v) is 4.14. The van der Waals surface area contributed by atoms with E-state index in [4.69, 9.17) is 9.47 Å². The third-order valence-electron chi connectivity index (χ3n) is 4.14. The molecule has 6 nitrogen and oxygen atoms in total. The van der Waals surface area contributed by atoms with Gasteiger partial charge in [-0.3, -0.25) is 4.79 Å². The summed E-state index contributed by atoms with van der Waals surface area (Å²) < 4.78 is 10.4. The normalized spacial score (nSPS) is 11.6. The van der Waals surface area contributed by atoms with E-state index in [1.54, 1.807) is 42.5 Å². The van der Waals surface area contributed by atoms with E-state index in [1.165, 1.54) is 20.1 Å². The van der Waals surface area contributed by atoms with Crippen LogP contribution in [0.25, 0.3) is 10.8 Å². The Labute approximate surface area is 156 Å². The minimum atomic E-state index is -1.06. The molecular weight excluding hydrogens is 346 g/mol. The Morgan fingerprint density at radius 2 is 1.70 bits per heavy atom. The standard InChI is InChI=1S/C21H19NO5/c1-13(20(24)22-17-9-5-6-10-18(17)26-2)27-21(25)16-12-11-14-7-3-4-8-15(14)19(16)23/h3-13,23H,1-2H3,(H,22,24)/t13-/m0/s1. The van der Waals surface area contributed by atoms with Gasteiger partial charge in [0.25, 0.3) is 5.91 Å². The largest absolute Gasteiger partial charge is 0.506 e. The molecule has 2 N–H and O–H groups in total. The first-order valence-electron chi connectivity index (χ1n) is 8.37. The van der Waals surface area contributed by atoms with E-state index < -0.39 is 18.0 Å². The van der Waals surface area contributed by atoms with Crippen LogP contribution in [0.5, 0.6) is 11.5 Å². The Morgan fingerprint density at radius 3 is 2.48 bits per heavy atom. The molecular formula is C21H19NO5. The second-order valence-corrected chi connectivity index (χ2v) is 5.92. The number of anilines is 1. The number of carbonyl (C=O) groups excluding carboxylic acids is 2. The molecule has 0 aromatic heterocycles. The first kappa shape index (κ1) is 18.3. The monoisotopic (exact) mass is 365 g/mol. The van der Waals surface area contributed by atoms with Crippen LogP contribution in [0.1, 0.15) is 17.3 Å². The van der Waals surface area contributed by atoms with E-state index >= 15 is 0 Å². The summed E-state index contributed by atoms with van der Waals surface area (Å²) >= 11 is 0. The number of aromatic hydroxyl groups is 1. The fraction of sp³-hybridized carbons (Fsp3) is 0.143. The lowest BCUT2D eigenvalue weighted by molar-refractivity contribution is -0.123. The van der Waals surface area contributed by atoms with Gasteiger partial charge in [-0.15, -0.1) is 0 Å². The van der Waals surface area contributed by atoms with Gasteiger partial charge >= 0.3 is 5.97 Å². The van der Waals surface area contributed by atoms with Gasteiger partial charge in [-0.1, -0.05) is 42.5 Å². The topological polar surface area (TPSA) is 84.9 Å². The first-order chi connectivity index (χ1) is 13.0. The van der Waals surface area contributed by atoms with Gasteiger partial charge in [0.1, 0.15) is 17.1 Å². The number of methoxy groups -OCH3 is 1. The molecule has 6 heteroatoms. The van der Waals surface area contributed by atoms with Crippen molar-refractivity contribution in [2.45, 2.75) is 13.0 Å². The number of hydrogen-bond donors (Lipinski definition) is 2. The quantitative estimate of drug-likeness (QED) is 0.673. The first-order valence-corrected chi connectivity index (χ1v) is 8.37. The molecule has 138 valence electrons. The van der Waals surface area contributed by atoms with E-state index in [2.05, 4.69) is 5.32 Å². The van der Waals surface area contributed by atoms with Crippen LogP contribution in [0.2, 0.25) is 0 Å². The molecule has 3 aromatic rings. The molecule has 0 aliphatic heterocycles. The van der Waals surface area contributed by atoms with Gasteiger partial charge in [0.2, 0.25) is 0 Å². The highest BCUT2D eigenvalue weighted by molar-refractivity contribution is 6.03. The average Bonchev–Trinajstić information content (AvgIpc) is 2.68. The van der Waals surface area contributed by atoms with Gasteiger partial charge in [-0.2, -0.15) is 0 Å². The van der Waals surface area contributed by atoms with Crippen molar-refractivity contribution < 1.29 is 24.2 Å². The number of ether oxygens (including phenoxy) is 2. The summed E-state index contributed by atoms with van der Waals surface area (Å²) in [7, 11) is 1.50. The number of rotatable bonds is 5. The number of phenolic OH excluding ortho intramolecular Hbond substituents is 1. The van der Waals surface area contributed by atoms with Gasteiger partial charge in [-0.25, -0.2) is 4.79 Å². The van der Waals surface area contributed by atoms with E-state index in [1.807, 2.05) is 12.1 Å².